The number of pyridine rings is 1. The van der Waals surface area contributed by atoms with Gasteiger partial charge in [-0.15, -0.1) is 0 Å². The first kappa shape index (κ1) is 19.5. The maximum Gasteiger partial charge on any atom is 0.252 e. The molecule has 3 aromatic rings. The van der Waals surface area contributed by atoms with Gasteiger partial charge in [0.15, 0.2) is 6.23 Å². The Hall–Kier alpha value is -2.46. The van der Waals surface area contributed by atoms with E-state index < -0.39 is 6.23 Å². The highest BCUT2D eigenvalue weighted by molar-refractivity contribution is 7.22. The Morgan fingerprint density at radius 1 is 1.27 bits per heavy atom. The SMILES string of the molecule is Cc1c2c(cc(=O)n1CCCN1CCOCC1)NN(c1nc3ccccc3s1)C2O. The summed E-state index contributed by atoms with van der Waals surface area (Å²) in [5, 5.41) is 13.3. The lowest BCUT2D eigenvalue weighted by molar-refractivity contribution is 0.0369. The van der Waals surface area contributed by atoms with Crippen molar-refractivity contribution in [3.8, 4) is 0 Å². The highest BCUT2D eigenvalue weighted by atomic mass is 32.1. The number of aromatic nitrogens is 2. The minimum atomic E-state index is -0.897. The Morgan fingerprint density at radius 2 is 2.07 bits per heavy atom. The van der Waals surface area contributed by atoms with E-state index in [-0.39, 0.29) is 5.56 Å². The summed E-state index contributed by atoms with van der Waals surface area (Å²) < 4.78 is 8.21. The predicted molar refractivity (Wildman–Crippen MR) is 118 cm³/mol. The summed E-state index contributed by atoms with van der Waals surface area (Å²) in [4.78, 5) is 19.7. The van der Waals surface area contributed by atoms with Gasteiger partial charge >= 0.3 is 0 Å². The molecule has 5 rings (SSSR count). The van der Waals surface area contributed by atoms with Crippen LogP contribution < -0.4 is 16.0 Å². The molecule has 0 aliphatic carbocycles. The average molecular weight is 428 g/mol. The van der Waals surface area contributed by atoms with E-state index in [2.05, 4.69) is 15.3 Å². The molecule has 0 amide bonds. The van der Waals surface area contributed by atoms with E-state index in [1.54, 1.807) is 15.6 Å². The Bertz CT molecular complexity index is 1090. The number of anilines is 2. The zero-order valence-corrected chi connectivity index (χ0v) is 17.7. The monoisotopic (exact) mass is 427 g/mol. The van der Waals surface area contributed by atoms with Crippen LogP contribution in [0.3, 0.4) is 0 Å². The number of nitrogens with zero attached hydrogens (tertiary/aromatic N) is 4. The molecule has 0 radical (unpaired) electrons. The van der Waals surface area contributed by atoms with E-state index in [1.165, 1.54) is 11.3 Å². The van der Waals surface area contributed by atoms with Crippen molar-refractivity contribution >= 4 is 32.4 Å². The van der Waals surface area contributed by atoms with Crippen molar-refractivity contribution < 1.29 is 9.84 Å². The number of thiazole rings is 1. The molecule has 0 spiro atoms. The van der Waals surface area contributed by atoms with Crippen molar-refractivity contribution in [2.45, 2.75) is 26.1 Å². The maximum atomic E-state index is 12.7. The topological polar surface area (TPSA) is 82.9 Å². The first-order valence-electron chi connectivity index (χ1n) is 10.3. The van der Waals surface area contributed by atoms with E-state index in [4.69, 9.17) is 4.74 Å². The van der Waals surface area contributed by atoms with Crippen LogP contribution in [0, 0.1) is 6.92 Å². The third-order valence-corrected chi connectivity index (χ3v) is 6.85. The Kier molecular flexibility index (Phi) is 5.20. The molecule has 158 valence electrons. The maximum absolute atomic E-state index is 12.7. The highest BCUT2D eigenvalue weighted by Gasteiger charge is 2.34. The second kappa shape index (κ2) is 7.99. The van der Waals surface area contributed by atoms with Gasteiger partial charge in [0.1, 0.15) is 0 Å². The number of benzene rings is 1. The summed E-state index contributed by atoms with van der Waals surface area (Å²) in [6.07, 6.45) is -0.0170. The van der Waals surface area contributed by atoms with Crippen molar-refractivity contribution in [3.05, 3.63) is 51.9 Å². The largest absolute Gasteiger partial charge is 0.379 e. The molecule has 2 aromatic heterocycles. The number of hydrogen-bond donors (Lipinski definition) is 2. The molecule has 1 saturated heterocycles. The van der Waals surface area contributed by atoms with E-state index in [0.29, 0.717) is 17.4 Å². The van der Waals surface area contributed by atoms with Crippen LogP contribution >= 0.6 is 11.3 Å². The number of nitrogens with one attached hydrogen (secondary N) is 1. The van der Waals surface area contributed by atoms with Gasteiger partial charge in [0.25, 0.3) is 5.56 Å². The fourth-order valence-corrected chi connectivity index (χ4v) is 5.14. The molecular formula is C21H25N5O3S. The quantitative estimate of drug-likeness (QED) is 0.647. The summed E-state index contributed by atoms with van der Waals surface area (Å²) in [6, 6.07) is 9.46. The predicted octanol–water partition coefficient (Wildman–Crippen LogP) is 2.33. The zero-order valence-electron chi connectivity index (χ0n) is 16.9. The molecular weight excluding hydrogens is 402 g/mol. The Labute approximate surface area is 178 Å². The number of hydrogen-bond acceptors (Lipinski definition) is 8. The van der Waals surface area contributed by atoms with Crippen LogP contribution in [0.5, 0.6) is 0 Å². The number of aliphatic hydroxyl groups is 1. The van der Waals surface area contributed by atoms with Crippen molar-refractivity contribution in [2.75, 3.05) is 43.3 Å². The number of hydrazine groups is 1. The lowest BCUT2D eigenvalue weighted by atomic mass is 10.1. The summed E-state index contributed by atoms with van der Waals surface area (Å²) in [6.45, 7) is 6.90. The fourth-order valence-electron chi connectivity index (χ4n) is 4.19. The molecule has 1 aromatic carbocycles. The van der Waals surface area contributed by atoms with Gasteiger partial charge in [-0.1, -0.05) is 23.5 Å². The molecule has 1 fully saturated rings. The number of morpholine rings is 1. The Balaban J connectivity index is 1.37. The van der Waals surface area contributed by atoms with Crippen LogP contribution in [-0.4, -0.2) is 52.4 Å². The van der Waals surface area contributed by atoms with E-state index in [9.17, 15) is 9.90 Å². The lowest BCUT2D eigenvalue weighted by Crippen LogP contribution is -2.37. The van der Waals surface area contributed by atoms with Gasteiger partial charge in [-0.25, -0.2) is 9.99 Å². The van der Waals surface area contributed by atoms with Gasteiger partial charge in [0.2, 0.25) is 5.13 Å². The van der Waals surface area contributed by atoms with Gasteiger partial charge in [0.05, 0.1) is 29.1 Å². The minimum absolute atomic E-state index is 0.0564. The third-order valence-electron chi connectivity index (χ3n) is 5.81. The molecule has 2 aliphatic rings. The summed E-state index contributed by atoms with van der Waals surface area (Å²) in [5.74, 6) is 0. The standard InChI is InChI=1S/C21H25N5O3S/c1-14-19-16(13-18(27)25(14)8-4-7-24-9-11-29-12-10-24)23-26(20(19)28)21-22-15-5-2-3-6-17(15)30-21/h2-3,5-6,13,20,23,28H,4,7-12H2,1H3. The normalized spacial score (nSPS) is 19.3. The van der Waals surface area contributed by atoms with Crippen molar-refractivity contribution in [3.63, 3.8) is 0 Å². The first-order chi connectivity index (χ1) is 14.6. The van der Waals surface area contributed by atoms with Gasteiger partial charge in [-0.2, -0.15) is 0 Å². The molecule has 30 heavy (non-hydrogen) atoms. The van der Waals surface area contributed by atoms with E-state index in [0.717, 1.165) is 60.7 Å². The molecule has 9 heteroatoms. The van der Waals surface area contributed by atoms with Gasteiger partial charge < -0.3 is 14.4 Å². The number of rotatable bonds is 5. The van der Waals surface area contributed by atoms with Crippen LogP contribution in [-0.2, 0) is 11.3 Å². The molecule has 2 aliphatic heterocycles. The smallest absolute Gasteiger partial charge is 0.252 e. The molecule has 1 atom stereocenters. The highest BCUT2D eigenvalue weighted by Crippen LogP contribution is 2.40. The number of para-hydroxylation sites is 1. The third kappa shape index (κ3) is 3.47. The number of ether oxygens (including phenoxy) is 1. The molecule has 8 nitrogen and oxygen atoms in total. The lowest BCUT2D eigenvalue weighted by Gasteiger charge is -2.26. The number of aliphatic hydroxyl groups excluding tert-OH is 1. The average Bonchev–Trinajstić information content (AvgIpc) is 3.32. The summed E-state index contributed by atoms with van der Waals surface area (Å²) >= 11 is 1.50. The molecule has 2 N–H and O–H groups in total. The summed E-state index contributed by atoms with van der Waals surface area (Å²) in [7, 11) is 0. The molecule has 1 unspecified atom stereocenters. The molecule has 0 bridgehead atoms. The minimum Gasteiger partial charge on any atom is -0.379 e. The zero-order chi connectivity index (χ0) is 20.7. The summed E-state index contributed by atoms with van der Waals surface area (Å²) in [5.41, 5.74) is 6.19. The second-order valence-corrected chi connectivity index (χ2v) is 8.68. The van der Waals surface area contributed by atoms with Crippen LogP contribution in [0.4, 0.5) is 10.8 Å². The van der Waals surface area contributed by atoms with Gasteiger partial charge in [0, 0.05) is 43.5 Å². The van der Waals surface area contributed by atoms with Gasteiger partial charge in [-0.3, -0.25) is 15.1 Å². The fraction of sp³-hybridized carbons (Fsp3) is 0.429. The molecule has 0 saturated carbocycles. The van der Waals surface area contributed by atoms with Crippen molar-refractivity contribution in [2.24, 2.45) is 0 Å². The Morgan fingerprint density at radius 3 is 2.87 bits per heavy atom. The van der Waals surface area contributed by atoms with Crippen LogP contribution in [0.15, 0.2) is 35.1 Å². The van der Waals surface area contributed by atoms with Crippen molar-refractivity contribution in [1.29, 1.82) is 0 Å². The second-order valence-electron chi connectivity index (χ2n) is 7.67. The van der Waals surface area contributed by atoms with Crippen LogP contribution in [0.25, 0.3) is 10.2 Å². The van der Waals surface area contributed by atoms with Crippen LogP contribution in [0.1, 0.15) is 23.9 Å². The van der Waals surface area contributed by atoms with Crippen molar-refractivity contribution in [1.82, 2.24) is 14.5 Å². The first-order valence-corrected chi connectivity index (χ1v) is 11.1. The van der Waals surface area contributed by atoms with Crippen LogP contribution in [0.2, 0.25) is 0 Å². The van der Waals surface area contributed by atoms with E-state index >= 15 is 0 Å². The van der Waals surface area contributed by atoms with Gasteiger partial charge in [-0.05, 0) is 25.5 Å². The van der Waals surface area contributed by atoms with E-state index in [1.807, 2.05) is 31.2 Å². The number of fused-ring (bicyclic) bond motifs is 2. The molecule has 4 heterocycles.